The number of nitrogens with zero attached hydrogens (tertiary/aromatic N) is 5. The number of benzene rings is 1. The molecule has 0 radical (unpaired) electrons. The summed E-state index contributed by atoms with van der Waals surface area (Å²) in [7, 11) is 2.88. The standard InChI is InChI=1S/C21H21N5O5/c1-23-17-14(18(28)24(2)21(23)31)7-8-15(22-17)20(30)26-11-9-25(10-12-26)19(29)13-5-3-4-6-16(13)27/h3-8,27H,9-12H2,1-2H3. The smallest absolute Gasteiger partial charge is 0.332 e. The number of aromatic hydroxyl groups is 1. The molecule has 1 aliphatic heterocycles. The Morgan fingerprint density at radius 2 is 1.48 bits per heavy atom. The number of aryl methyl sites for hydroxylation is 1. The molecule has 4 rings (SSSR count). The fourth-order valence-corrected chi connectivity index (χ4v) is 3.67. The van der Waals surface area contributed by atoms with Gasteiger partial charge >= 0.3 is 5.69 Å². The summed E-state index contributed by atoms with van der Waals surface area (Å²) in [6.45, 7) is 1.22. The van der Waals surface area contributed by atoms with Gasteiger partial charge in [0.15, 0.2) is 0 Å². The van der Waals surface area contributed by atoms with E-state index in [0.717, 1.165) is 4.57 Å². The molecule has 31 heavy (non-hydrogen) atoms. The van der Waals surface area contributed by atoms with Crippen molar-refractivity contribution in [3.8, 4) is 5.75 Å². The molecule has 160 valence electrons. The van der Waals surface area contributed by atoms with Crippen LogP contribution in [0, 0.1) is 0 Å². The van der Waals surface area contributed by atoms with Crippen LogP contribution in [0.15, 0.2) is 46.0 Å². The van der Waals surface area contributed by atoms with E-state index in [4.69, 9.17) is 0 Å². The van der Waals surface area contributed by atoms with E-state index in [0.29, 0.717) is 26.2 Å². The number of phenols is 1. The molecular weight excluding hydrogens is 402 g/mol. The van der Waals surface area contributed by atoms with Crippen molar-refractivity contribution in [2.24, 2.45) is 14.1 Å². The lowest BCUT2D eigenvalue weighted by Gasteiger charge is -2.34. The highest BCUT2D eigenvalue weighted by atomic mass is 16.3. The van der Waals surface area contributed by atoms with Crippen LogP contribution in [-0.4, -0.2) is 67.0 Å². The number of para-hydroxylation sites is 1. The largest absolute Gasteiger partial charge is 0.507 e. The zero-order chi connectivity index (χ0) is 22.3. The highest BCUT2D eigenvalue weighted by Crippen LogP contribution is 2.19. The first-order valence-electron chi connectivity index (χ1n) is 9.73. The molecule has 0 atom stereocenters. The summed E-state index contributed by atoms with van der Waals surface area (Å²) < 4.78 is 2.22. The fourth-order valence-electron chi connectivity index (χ4n) is 3.67. The zero-order valence-corrected chi connectivity index (χ0v) is 17.1. The highest BCUT2D eigenvalue weighted by molar-refractivity contribution is 5.97. The first-order valence-corrected chi connectivity index (χ1v) is 9.73. The van der Waals surface area contributed by atoms with E-state index in [2.05, 4.69) is 4.98 Å². The summed E-state index contributed by atoms with van der Waals surface area (Å²) in [5.41, 5.74) is -0.503. The first kappa shape index (κ1) is 20.3. The van der Waals surface area contributed by atoms with E-state index in [1.54, 1.807) is 28.0 Å². The summed E-state index contributed by atoms with van der Waals surface area (Å²) in [5.74, 6) is -0.715. The second kappa shape index (κ2) is 7.71. The van der Waals surface area contributed by atoms with Crippen LogP contribution in [-0.2, 0) is 14.1 Å². The Labute approximate surface area is 176 Å². The van der Waals surface area contributed by atoms with Crippen LogP contribution in [0.1, 0.15) is 20.8 Å². The monoisotopic (exact) mass is 423 g/mol. The Bertz CT molecular complexity index is 1320. The zero-order valence-electron chi connectivity index (χ0n) is 17.1. The highest BCUT2D eigenvalue weighted by Gasteiger charge is 2.27. The Morgan fingerprint density at radius 1 is 0.871 bits per heavy atom. The van der Waals surface area contributed by atoms with Crippen molar-refractivity contribution in [2.75, 3.05) is 26.2 Å². The van der Waals surface area contributed by atoms with Gasteiger partial charge in [0.05, 0.1) is 10.9 Å². The average molecular weight is 423 g/mol. The summed E-state index contributed by atoms with van der Waals surface area (Å²) in [4.78, 5) is 57.4. The fraction of sp³-hybridized carbons (Fsp3) is 0.286. The number of phenolic OH excluding ortho intramolecular Hbond substituents is 1. The Kier molecular flexibility index (Phi) is 5.05. The third kappa shape index (κ3) is 3.45. The van der Waals surface area contributed by atoms with Crippen molar-refractivity contribution in [2.45, 2.75) is 0 Å². The van der Waals surface area contributed by atoms with Gasteiger partial charge < -0.3 is 14.9 Å². The molecular formula is C21H21N5O5. The van der Waals surface area contributed by atoms with Crippen LogP contribution < -0.4 is 11.2 Å². The second-order valence-corrected chi connectivity index (χ2v) is 7.37. The van der Waals surface area contributed by atoms with Gasteiger partial charge in [-0.25, -0.2) is 9.78 Å². The van der Waals surface area contributed by atoms with E-state index >= 15 is 0 Å². The van der Waals surface area contributed by atoms with Gasteiger partial charge in [0, 0.05) is 40.3 Å². The molecule has 2 aromatic heterocycles. The van der Waals surface area contributed by atoms with Gasteiger partial charge in [-0.15, -0.1) is 0 Å². The van der Waals surface area contributed by atoms with Gasteiger partial charge in [0.1, 0.15) is 17.1 Å². The minimum atomic E-state index is -0.522. The summed E-state index contributed by atoms with van der Waals surface area (Å²) in [6.07, 6.45) is 0. The van der Waals surface area contributed by atoms with Crippen molar-refractivity contribution < 1.29 is 14.7 Å². The van der Waals surface area contributed by atoms with Crippen molar-refractivity contribution in [3.63, 3.8) is 0 Å². The van der Waals surface area contributed by atoms with Crippen molar-refractivity contribution in [1.29, 1.82) is 0 Å². The lowest BCUT2D eigenvalue weighted by Crippen LogP contribution is -2.50. The van der Waals surface area contributed by atoms with Crippen LogP contribution in [0.3, 0.4) is 0 Å². The summed E-state index contributed by atoms with van der Waals surface area (Å²) in [6, 6.07) is 9.30. The molecule has 0 spiro atoms. The van der Waals surface area contributed by atoms with Crippen molar-refractivity contribution in [3.05, 3.63) is 68.5 Å². The van der Waals surface area contributed by atoms with Crippen molar-refractivity contribution in [1.82, 2.24) is 23.9 Å². The van der Waals surface area contributed by atoms with Crippen LogP contribution in [0.4, 0.5) is 0 Å². The molecule has 1 saturated heterocycles. The molecule has 0 unspecified atom stereocenters. The number of carbonyl (C=O) groups excluding carboxylic acids is 2. The molecule has 2 amide bonds. The SMILES string of the molecule is Cn1c(=O)c2ccc(C(=O)N3CCN(C(=O)c4ccccc4O)CC3)nc2n(C)c1=O. The molecule has 1 aliphatic rings. The number of rotatable bonds is 2. The number of piperazine rings is 1. The summed E-state index contributed by atoms with van der Waals surface area (Å²) >= 11 is 0. The van der Waals surface area contributed by atoms with Crippen LogP contribution in [0.25, 0.3) is 11.0 Å². The lowest BCUT2D eigenvalue weighted by atomic mass is 10.1. The molecule has 0 aliphatic carbocycles. The molecule has 10 nitrogen and oxygen atoms in total. The van der Waals surface area contributed by atoms with Crippen molar-refractivity contribution >= 4 is 22.8 Å². The minimum absolute atomic E-state index is 0.0804. The van der Waals surface area contributed by atoms with Crippen LogP contribution in [0.2, 0.25) is 0 Å². The Morgan fingerprint density at radius 3 is 2.13 bits per heavy atom. The molecule has 1 aromatic carbocycles. The van der Waals surface area contributed by atoms with Crippen LogP contribution >= 0.6 is 0 Å². The van der Waals surface area contributed by atoms with E-state index in [9.17, 15) is 24.3 Å². The number of aromatic nitrogens is 3. The third-order valence-corrected chi connectivity index (χ3v) is 5.51. The Hall–Kier alpha value is -3.95. The first-order chi connectivity index (χ1) is 14.8. The summed E-state index contributed by atoms with van der Waals surface area (Å²) in [5, 5.41) is 10.1. The van der Waals surface area contributed by atoms with Gasteiger partial charge in [0.25, 0.3) is 17.4 Å². The van der Waals surface area contributed by atoms with Gasteiger partial charge in [-0.05, 0) is 24.3 Å². The van der Waals surface area contributed by atoms with E-state index in [-0.39, 0.29) is 39.9 Å². The number of amides is 2. The average Bonchev–Trinajstić information content (AvgIpc) is 2.80. The van der Waals surface area contributed by atoms with Gasteiger partial charge in [-0.1, -0.05) is 12.1 Å². The van der Waals surface area contributed by atoms with Gasteiger partial charge in [-0.3, -0.25) is 23.5 Å². The van der Waals surface area contributed by atoms with E-state index < -0.39 is 11.2 Å². The number of hydrogen-bond acceptors (Lipinski definition) is 6. The lowest BCUT2D eigenvalue weighted by molar-refractivity contribution is 0.0530. The Balaban J connectivity index is 1.53. The number of carbonyl (C=O) groups is 2. The number of pyridine rings is 1. The van der Waals surface area contributed by atoms with Crippen LogP contribution in [0.5, 0.6) is 5.75 Å². The predicted octanol–water partition coefficient (Wildman–Crippen LogP) is -0.0640. The molecule has 1 N–H and O–H groups in total. The molecule has 10 heteroatoms. The van der Waals surface area contributed by atoms with E-state index in [1.807, 2.05) is 0 Å². The number of fused-ring (bicyclic) bond motifs is 1. The maximum absolute atomic E-state index is 12.9. The number of hydrogen-bond donors (Lipinski definition) is 1. The van der Waals surface area contributed by atoms with E-state index in [1.165, 1.54) is 36.9 Å². The quantitative estimate of drug-likeness (QED) is 0.617. The predicted molar refractivity (Wildman–Crippen MR) is 112 cm³/mol. The maximum atomic E-state index is 12.9. The molecule has 1 fully saturated rings. The molecule has 0 bridgehead atoms. The minimum Gasteiger partial charge on any atom is -0.507 e. The topological polar surface area (TPSA) is 118 Å². The van der Waals surface area contributed by atoms with Gasteiger partial charge in [0.2, 0.25) is 0 Å². The molecule has 3 aromatic rings. The van der Waals surface area contributed by atoms with Gasteiger partial charge in [-0.2, -0.15) is 0 Å². The maximum Gasteiger partial charge on any atom is 0.332 e. The normalized spacial score (nSPS) is 14.1. The molecule has 0 saturated carbocycles. The second-order valence-electron chi connectivity index (χ2n) is 7.37. The molecule has 3 heterocycles. The third-order valence-electron chi connectivity index (χ3n) is 5.51.